The lowest BCUT2D eigenvalue weighted by atomic mass is 10.0. The summed E-state index contributed by atoms with van der Waals surface area (Å²) in [5.41, 5.74) is 1.94. The van der Waals surface area contributed by atoms with Crippen LogP contribution < -0.4 is 20.3 Å². The third-order valence-corrected chi connectivity index (χ3v) is 7.88. The van der Waals surface area contributed by atoms with Gasteiger partial charge >= 0.3 is 6.03 Å². The molecule has 0 spiro atoms. The van der Waals surface area contributed by atoms with Crippen LogP contribution in [0.25, 0.3) is 10.2 Å². The van der Waals surface area contributed by atoms with Gasteiger partial charge in [-0.1, -0.05) is 31.4 Å². The number of amides is 3. The molecule has 3 aromatic heterocycles. The lowest BCUT2D eigenvalue weighted by Gasteiger charge is -2.35. The summed E-state index contributed by atoms with van der Waals surface area (Å²) in [6.45, 7) is 9.38. The van der Waals surface area contributed by atoms with E-state index in [1.165, 1.54) is 16.2 Å². The number of anilines is 3. The number of nitrogens with zero attached hydrogens (tertiary/aromatic N) is 4. The van der Waals surface area contributed by atoms with E-state index in [1.54, 1.807) is 36.7 Å². The zero-order chi connectivity index (χ0) is 26.9. The molecule has 0 bridgehead atoms. The van der Waals surface area contributed by atoms with Gasteiger partial charge in [-0.05, 0) is 49.2 Å². The summed E-state index contributed by atoms with van der Waals surface area (Å²) in [6.07, 6.45) is 6.75. The molecule has 2 aliphatic rings. The van der Waals surface area contributed by atoms with Crippen molar-refractivity contribution in [3.63, 3.8) is 0 Å². The van der Waals surface area contributed by atoms with Crippen molar-refractivity contribution >= 4 is 50.7 Å². The van der Waals surface area contributed by atoms with Crippen molar-refractivity contribution in [3.8, 4) is 11.5 Å². The summed E-state index contributed by atoms with van der Waals surface area (Å²) in [7, 11) is 0. The fourth-order valence-electron chi connectivity index (χ4n) is 4.90. The maximum Gasteiger partial charge on any atom is 0.332 e. The first kappa shape index (κ1) is 24.6. The molecule has 1 unspecified atom stereocenters. The highest BCUT2D eigenvalue weighted by Crippen LogP contribution is 2.45. The van der Waals surface area contributed by atoms with E-state index in [1.807, 2.05) is 30.3 Å². The molecule has 1 fully saturated rings. The standard InChI is InChI=1S/C29H26N6O3S/c1-3-18(2)34-15-7-8-19(17-34)32-27(36)26-25-24-22(13-14-30-28(24)39-26)35(29(37)33-25)23-12-11-21(16-31-23)38-20-9-5-4-6-10-20/h3-6,9-14,16,19H,1-2,7-8,15,17H2,(H,32,36)(H,33,37). The fraction of sp³-hybridized carbons (Fsp3) is 0.172. The quantitative estimate of drug-likeness (QED) is 0.278. The van der Waals surface area contributed by atoms with Crippen LogP contribution in [0.5, 0.6) is 11.5 Å². The van der Waals surface area contributed by atoms with Crippen LogP contribution in [-0.2, 0) is 0 Å². The van der Waals surface area contributed by atoms with Crippen LogP contribution in [0.1, 0.15) is 22.5 Å². The molecule has 9 nitrogen and oxygen atoms in total. The molecule has 10 heteroatoms. The highest BCUT2D eigenvalue weighted by molar-refractivity contribution is 7.21. The number of thiophene rings is 1. The number of carbonyl (C=O) groups excluding carboxylic acids is 2. The molecule has 6 rings (SSSR count). The number of ether oxygens (including phenoxy) is 1. The van der Waals surface area contributed by atoms with E-state index < -0.39 is 6.03 Å². The van der Waals surface area contributed by atoms with E-state index >= 15 is 0 Å². The van der Waals surface area contributed by atoms with Crippen molar-refractivity contribution in [2.45, 2.75) is 18.9 Å². The van der Waals surface area contributed by atoms with Gasteiger partial charge in [0.25, 0.3) is 5.91 Å². The first-order chi connectivity index (χ1) is 19.0. The summed E-state index contributed by atoms with van der Waals surface area (Å²) in [6, 6.07) is 14.2. The lowest BCUT2D eigenvalue weighted by molar-refractivity contribution is 0.0920. The van der Waals surface area contributed by atoms with Crippen molar-refractivity contribution in [1.29, 1.82) is 0 Å². The molecule has 1 aromatic carbocycles. The minimum absolute atomic E-state index is 0.0376. The third-order valence-electron chi connectivity index (χ3n) is 6.78. The Morgan fingerprint density at radius 2 is 2.00 bits per heavy atom. The van der Waals surface area contributed by atoms with Gasteiger partial charge in [-0.3, -0.25) is 4.79 Å². The number of benzene rings is 1. The Labute approximate surface area is 229 Å². The summed E-state index contributed by atoms with van der Waals surface area (Å²) in [5, 5.41) is 6.77. The number of para-hydroxylation sites is 1. The monoisotopic (exact) mass is 538 g/mol. The average Bonchev–Trinajstić information content (AvgIpc) is 3.33. The number of allylic oxidation sites excluding steroid dienone is 1. The van der Waals surface area contributed by atoms with E-state index in [-0.39, 0.29) is 11.9 Å². The Morgan fingerprint density at radius 1 is 1.15 bits per heavy atom. The third kappa shape index (κ3) is 4.70. The molecule has 5 heterocycles. The average molecular weight is 539 g/mol. The smallest absolute Gasteiger partial charge is 0.332 e. The number of rotatable bonds is 7. The van der Waals surface area contributed by atoms with Crippen molar-refractivity contribution in [2.75, 3.05) is 23.3 Å². The molecule has 1 saturated heterocycles. The first-order valence-corrected chi connectivity index (χ1v) is 13.4. The van der Waals surface area contributed by atoms with E-state index in [4.69, 9.17) is 4.74 Å². The van der Waals surface area contributed by atoms with Crippen LogP contribution >= 0.6 is 11.3 Å². The molecule has 2 aliphatic heterocycles. The summed E-state index contributed by atoms with van der Waals surface area (Å²) >= 11 is 1.26. The molecule has 1 atom stereocenters. The van der Waals surface area contributed by atoms with Crippen molar-refractivity contribution in [1.82, 2.24) is 20.2 Å². The minimum Gasteiger partial charge on any atom is -0.456 e. The number of hydrogen-bond donors (Lipinski definition) is 2. The van der Waals surface area contributed by atoms with Crippen LogP contribution in [0, 0.1) is 0 Å². The molecule has 3 amide bonds. The molecular weight excluding hydrogens is 512 g/mol. The molecule has 0 saturated carbocycles. The van der Waals surface area contributed by atoms with Gasteiger partial charge in [-0.15, -0.1) is 11.3 Å². The molecule has 196 valence electrons. The predicted octanol–water partition coefficient (Wildman–Crippen LogP) is 6.06. The van der Waals surface area contributed by atoms with Gasteiger partial charge in [0, 0.05) is 31.0 Å². The van der Waals surface area contributed by atoms with Crippen LogP contribution in [0.3, 0.4) is 0 Å². The zero-order valence-corrected chi connectivity index (χ0v) is 21.9. The molecule has 4 aromatic rings. The van der Waals surface area contributed by atoms with Crippen molar-refractivity contribution in [2.24, 2.45) is 0 Å². The van der Waals surface area contributed by atoms with Gasteiger partial charge in [-0.2, -0.15) is 0 Å². The Balaban J connectivity index is 1.27. The molecule has 2 N–H and O–H groups in total. The Kier molecular flexibility index (Phi) is 6.45. The number of hydrogen-bond acceptors (Lipinski definition) is 7. The van der Waals surface area contributed by atoms with Gasteiger partial charge < -0.3 is 20.3 Å². The van der Waals surface area contributed by atoms with Crippen LogP contribution in [0.4, 0.5) is 22.0 Å². The Morgan fingerprint density at radius 3 is 2.77 bits per heavy atom. The predicted molar refractivity (Wildman–Crippen MR) is 153 cm³/mol. The fourth-order valence-corrected chi connectivity index (χ4v) is 5.92. The molecular formula is C29H26N6O3S. The first-order valence-electron chi connectivity index (χ1n) is 12.6. The zero-order valence-electron chi connectivity index (χ0n) is 21.1. The van der Waals surface area contributed by atoms with Gasteiger partial charge in [-0.25, -0.2) is 19.7 Å². The Hall–Kier alpha value is -4.70. The summed E-state index contributed by atoms with van der Waals surface area (Å²) in [5.74, 6) is 1.44. The molecule has 0 aliphatic carbocycles. The number of aromatic nitrogens is 2. The van der Waals surface area contributed by atoms with E-state index in [0.717, 1.165) is 25.1 Å². The number of likely N-dealkylation sites (tertiary alicyclic amines) is 1. The van der Waals surface area contributed by atoms with Gasteiger partial charge in [0.2, 0.25) is 0 Å². The van der Waals surface area contributed by atoms with Crippen LogP contribution in [-0.4, -0.2) is 45.9 Å². The maximum absolute atomic E-state index is 13.4. The molecule has 0 radical (unpaired) electrons. The number of nitrogens with one attached hydrogen (secondary N) is 2. The van der Waals surface area contributed by atoms with Crippen molar-refractivity contribution < 1.29 is 14.3 Å². The van der Waals surface area contributed by atoms with E-state index in [9.17, 15) is 9.59 Å². The number of carbonyl (C=O) groups is 2. The summed E-state index contributed by atoms with van der Waals surface area (Å²) < 4.78 is 5.83. The van der Waals surface area contributed by atoms with Crippen LogP contribution in [0.15, 0.2) is 85.9 Å². The van der Waals surface area contributed by atoms with Gasteiger partial charge in [0.15, 0.2) is 0 Å². The minimum atomic E-state index is -0.405. The van der Waals surface area contributed by atoms with E-state index in [0.29, 0.717) is 50.3 Å². The second-order valence-electron chi connectivity index (χ2n) is 9.30. The number of pyridine rings is 2. The maximum atomic E-state index is 13.4. The molecule has 39 heavy (non-hydrogen) atoms. The number of piperidine rings is 1. The van der Waals surface area contributed by atoms with E-state index in [2.05, 4.69) is 38.7 Å². The second kappa shape index (κ2) is 10.2. The normalized spacial score (nSPS) is 16.5. The summed E-state index contributed by atoms with van der Waals surface area (Å²) in [4.78, 5) is 40.4. The SMILES string of the molecule is C=CC(=C)N1CCCC(NC(=O)c2sc3nccc4c3c2NC(=O)N4c2ccc(Oc3ccccc3)cn2)C1. The largest absolute Gasteiger partial charge is 0.456 e. The van der Waals surface area contributed by atoms with Crippen LogP contribution in [0.2, 0.25) is 0 Å². The topological polar surface area (TPSA) is 99.7 Å². The highest BCUT2D eigenvalue weighted by atomic mass is 32.1. The van der Waals surface area contributed by atoms with Gasteiger partial charge in [0.1, 0.15) is 27.0 Å². The lowest BCUT2D eigenvalue weighted by Crippen LogP contribution is -2.47. The highest BCUT2D eigenvalue weighted by Gasteiger charge is 2.34. The number of urea groups is 1. The Bertz CT molecular complexity index is 1580. The van der Waals surface area contributed by atoms with Crippen molar-refractivity contribution in [3.05, 3.63) is 90.7 Å². The second-order valence-corrected chi connectivity index (χ2v) is 10.3. The van der Waals surface area contributed by atoms with Gasteiger partial charge in [0.05, 0.1) is 23.0 Å².